The van der Waals surface area contributed by atoms with Gasteiger partial charge in [-0.15, -0.1) is 11.8 Å². The number of piperidine rings is 1. The summed E-state index contributed by atoms with van der Waals surface area (Å²) in [4.78, 5) is 35.6. The minimum atomic E-state index is -0.335. The van der Waals surface area contributed by atoms with Crippen molar-refractivity contribution in [2.45, 2.75) is 49.7 Å². The number of piperazine rings is 1. The Hall–Kier alpha value is -3.54. The van der Waals surface area contributed by atoms with Gasteiger partial charge in [0.15, 0.2) is 11.6 Å². The van der Waals surface area contributed by atoms with Crippen LogP contribution in [-0.4, -0.2) is 80.2 Å². The quantitative estimate of drug-likeness (QED) is 0.258. The molecule has 7 rings (SSSR count). The fraction of sp³-hybridized carbons (Fsp3) is 0.379. The Kier molecular flexibility index (Phi) is 7.20. The van der Waals surface area contributed by atoms with Crippen LogP contribution < -0.4 is 10.6 Å². The number of carbonyl (C=O) groups excluding carboxylic acids is 1. The van der Waals surface area contributed by atoms with E-state index in [1.807, 2.05) is 25.4 Å². The number of carbonyl (C=O) groups is 1. The summed E-state index contributed by atoms with van der Waals surface area (Å²) in [5, 5.41) is 6.99. The summed E-state index contributed by atoms with van der Waals surface area (Å²) in [6.07, 6.45) is 9.06. The van der Waals surface area contributed by atoms with Crippen molar-refractivity contribution in [1.82, 2.24) is 29.7 Å². The molecule has 9 nitrogen and oxygen atoms in total. The van der Waals surface area contributed by atoms with Gasteiger partial charge in [0.1, 0.15) is 0 Å². The fourth-order valence-corrected chi connectivity index (χ4v) is 6.40. The highest BCUT2D eigenvalue weighted by atomic mass is 32.2. The Labute approximate surface area is 237 Å². The lowest BCUT2D eigenvalue weighted by molar-refractivity contribution is -0.127. The largest absolute Gasteiger partial charge is 0.357 e. The molecule has 3 saturated heterocycles. The SMILES string of the molecule is CCC(C(=O)Nc1nccc2c(-c3nc(Nc4cccc(SC)c4F)ncc3C)c[nH]c12)N1CC2CC(C1)N2C. The molecule has 3 unspecified atom stereocenters. The fourth-order valence-electron chi connectivity index (χ4n) is 5.90. The average Bonchev–Trinajstić information content (AvgIpc) is 3.40. The highest BCUT2D eigenvalue weighted by molar-refractivity contribution is 7.98. The van der Waals surface area contributed by atoms with E-state index in [1.54, 1.807) is 30.6 Å². The van der Waals surface area contributed by atoms with E-state index < -0.39 is 0 Å². The Morgan fingerprint density at radius 3 is 2.77 bits per heavy atom. The van der Waals surface area contributed by atoms with Gasteiger partial charge in [-0.05, 0) is 56.8 Å². The monoisotopic (exact) mass is 560 g/mol. The molecule has 208 valence electrons. The van der Waals surface area contributed by atoms with Crippen LogP contribution >= 0.6 is 11.8 Å². The summed E-state index contributed by atoms with van der Waals surface area (Å²) in [7, 11) is 2.17. The van der Waals surface area contributed by atoms with Crippen molar-refractivity contribution in [3.8, 4) is 11.3 Å². The van der Waals surface area contributed by atoms with Gasteiger partial charge in [-0.2, -0.15) is 0 Å². The van der Waals surface area contributed by atoms with Crippen molar-refractivity contribution in [1.29, 1.82) is 0 Å². The molecule has 0 radical (unpaired) electrons. The summed E-state index contributed by atoms with van der Waals surface area (Å²) in [6.45, 7) is 5.82. The molecule has 1 amide bonds. The molecule has 3 aliphatic heterocycles. The number of thioether (sulfide) groups is 1. The first-order chi connectivity index (χ1) is 19.4. The first-order valence-corrected chi connectivity index (χ1v) is 14.8. The van der Waals surface area contributed by atoms with Gasteiger partial charge in [-0.25, -0.2) is 19.3 Å². The smallest absolute Gasteiger partial charge is 0.242 e. The number of hydrogen-bond donors (Lipinski definition) is 3. The molecule has 3 aliphatic rings. The van der Waals surface area contributed by atoms with Gasteiger partial charge in [-0.3, -0.25) is 14.6 Å². The topological polar surface area (TPSA) is 102 Å². The maximum absolute atomic E-state index is 14.8. The third kappa shape index (κ3) is 4.71. The number of pyridine rings is 1. The van der Waals surface area contributed by atoms with Gasteiger partial charge in [0, 0.05) is 59.6 Å². The van der Waals surface area contributed by atoms with Gasteiger partial charge < -0.3 is 15.6 Å². The lowest BCUT2D eigenvalue weighted by Crippen LogP contribution is -2.69. The predicted molar refractivity (Wildman–Crippen MR) is 158 cm³/mol. The molecule has 0 spiro atoms. The number of hydrogen-bond acceptors (Lipinski definition) is 8. The van der Waals surface area contributed by atoms with E-state index in [9.17, 15) is 9.18 Å². The Morgan fingerprint density at radius 2 is 2.05 bits per heavy atom. The lowest BCUT2D eigenvalue weighted by Gasteiger charge is -2.56. The molecule has 11 heteroatoms. The van der Waals surface area contributed by atoms with Crippen LogP contribution in [0.4, 0.5) is 21.8 Å². The van der Waals surface area contributed by atoms with Crippen LogP contribution in [-0.2, 0) is 4.79 Å². The van der Waals surface area contributed by atoms with E-state index in [4.69, 9.17) is 4.98 Å². The number of nitrogens with one attached hydrogen (secondary N) is 3. The third-order valence-corrected chi connectivity index (χ3v) is 8.97. The zero-order chi connectivity index (χ0) is 28.0. The molecule has 3 fully saturated rings. The maximum Gasteiger partial charge on any atom is 0.242 e. The van der Waals surface area contributed by atoms with E-state index in [-0.39, 0.29) is 17.8 Å². The summed E-state index contributed by atoms with van der Waals surface area (Å²) < 4.78 is 14.8. The van der Waals surface area contributed by atoms with E-state index in [2.05, 4.69) is 49.4 Å². The summed E-state index contributed by atoms with van der Waals surface area (Å²) in [5.41, 5.74) is 3.47. The number of likely N-dealkylation sites (N-methyl/N-ethyl adjacent to an activating group) is 1. The van der Waals surface area contributed by atoms with Crippen LogP contribution in [0.15, 0.2) is 47.8 Å². The highest BCUT2D eigenvalue weighted by Crippen LogP contribution is 2.35. The summed E-state index contributed by atoms with van der Waals surface area (Å²) in [6, 6.07) is 7.97. The number of aromatic amines is 1. The number of aryl methyl sites for hydroxylation is 1. The van der Waals surface area contributed by atoms with E-state index in [1.165, 1.54) is 18.2 Å². The van der Waals surface area contributed by atoms with Crippen LogP contribution in [0, 0.1) is 12.7 Å². The molecule has 3 atom stereocenters. The van der Waals surface area contributed by atoms with Crippen molar-refractivity contribution in [2.24, 2.45) is 0 Å². The van der Waals surface area contributed by atoms with E-state index in [0.717, 1.165) is 41.5 Å². The molecule has 3 N–H and O–H groups in total. The number of aromatic nitrogens is 4. The van der Waals surface area contributed by atoms with Crippen LogP contribution in [0.2, 0.25) is 0 Å². The van der Waals surface area contributed by atoms with E-state index in [0.29, 0.717) is 40.1 Å². The number of benzene rings is 1. The molecule has 3 aromatic heterocycles. The molecular formula is C29H33FN8OS. The Bertz CT molecular complexity index is 1560. The average molecular weight is 561 g/mol. The number of halogens is 1. The number of rotatable bonds is 8. The summed E-state index contributed by atoms with van der Waals surface area (Å²) >= 11 is 1.34. The number of amides is 1. The Morgan fingerprint density at radius 1 is 1.25 bits per heavy atom. The highest BCUT2D eigenvalue weighted by Gasteiger charge is 2.44. The maximum atomic E-state index is 14.8. The predicted octanol–water partition coefficient (Wildman–Crippen LogP) is 5.04. The normalized spacial score (nSPS) is 19.8. The third-order valence-electron chi connectivity index (χ3n) is 8.22. The standard InChI is InChI=1S/C29H33FN8OS/c1-5-22(38-14-17-11-18(15-38)37(17)3)28(39)36-27-26-19(9-10-31-27)20(13-32-26)25-16(2)12-33-29(35-25)34-21-7-6-8-23(40-4)24(21)30/h6-10,12-13,17-18,22,32H,5,11,14-15H2,1-4H3,(H,31,36,39)(H,33,34,35). The minimum absolute atomic E-state index is 0.0400. The lowest BCUT2D eigenvalue weighted by atomic mass is 9.87. The molecule has 4 aromatic rings. The van der Waals surface area contributed by atoms with Crippen LogP contribution in [0.5, 0.6) is 0 Å². The van der Waals surface area contributed by atoms with Gasteiger partial charge >= 0.3 is 0 Å². The molecule has 6 heterocycles. The molecule has 40 heavy (non-hydrogen) atoms. The number of anilines is 3. The van der Waals surface area contributed by atoms with Crippen LogP contribution in [0.25, 0.3) is 22.2 Å². The van der Waals surface area contributed by atoms with Crippen LogP contribution in [0.1, 0.15) is 25.3 Å². The van der Waals surface area contributed by atoms with Gasteiger partial charge in [-0.1, -0.05) is 13.0 Å². The van der Waals surface area contributed by atoms with Crippen molar-refractivity contribution >= 4 is 46.0 Å². The van der Waals surface area contributed by atoms with Gasteiger partial charge in [0.05, 0.1) is 22.9 Å². The van der Waals surface area contributed by atoms with Gasteiger partial charge in [0.2, 0.25) is 11.9 Å². The molecular weight excluding hydrogens is 527 g/mol. The van der Waals surface area contributed by atoms with Crippen LogP contribution in [0.3, 0.4) is 0 Å². The van der Waals surface area contributed by atoms with Crippen molar-refractivity contribution in [2.75, 3.05) is 37.0 Å². The second-order valence-corrected chi connectivity index (χ2v) is 11.4. The summed E-state index contributed by atoms with van der Waals surface area (Å²) in [5.74, 6) is 0.415. The van der Waals surface area contributed by atoms with Gasteiger partial charge in [0.25, 0.3) is 0 Å². The molecule has 2 bridgehead atoms. The minimum Gasteiger partial charge on any atom is -0.357 e. The van der Waals surface area contributed by atoms with Crippen molar-refractivity contribution < 1.29 is 9.18 Å². The molecule has 1 aromatic carbocycles. The van der Waals surface area contributed by atoms with E-state index >= 15 is 0 Å². The number of H-pyrrole nitrogens is 1. The zero-order valence-corrected chi connectivity index (χ0v) is 23.8. The number of fused-ring (bicyclic) bond motifs is 3. The molecule has 0 aliphatic carbocycles. The number of nitrogens with zero attached hydrogens (tertiary/aromatic N) is 5. The van der Waals surface area contributed by atoms with Crippen molar-refractivity contribution in [3.05, 3.63) is 54.2 Å². The first-order valence-electron chi connectivity index (χ1n) is 13.5. The van der Waals surface area contributed by atoms with Crippen molar-refractivity contribution in [3.63, 3.8) is 0 Å². The second kappa shape index (κ2) is 10.8. The Balaban J connectivity index is 1.26. The zero-order valence-electron chi connectivity index (χ0n) is 23.0. The second-order valence-electron chi connectivity index (χ2n) is 10.5. The first kappa shape index (κ1) is 26.7. The molecule has 0 saturated carbocycles.